The van der Waals surface area contributed by atoms with Crippen LogP contribution < -0.4 is 19.3 Å². The monoisotopic (exact) mass is 722 g/mol. The van der Waals surface area contributed by atoms with Crippen LogP contribution in [0.5, 0.6) is 17.2 Å². The van der Waals surface area contributed by atoms with Crippen molar-refractivity contribution in [3.8, 4) is 17.2 Å². The van der Waals surface area contributed by atoms with Crippen molar-refractivity contribution in [2.24, 2.45) is 29.1 Å². The molecule has 2 aliphatic carbocycles. The van der Waals surface area contributed by atoms with Gasteiger partial charge in [0.25, 0.3) is 0 Å². The highest BCUT2D eigenvalue weighted by molar-refractivity contribution is 9.10. The lowest BCUT2D eigenvalue weighted by Gasteiger charge is -2.49. The number of methoxy groups -OCH3 is 2. The molecule has 0 aromatic heterocycles. The Balaban J connectivity index is 1.40. The number of phenols is 1. The molecular formula is C35H29BrClFN2O7. The quantitative estimate of drug-likeness (QED) is 0.240. The molecule has 0 bridgehead atoms. The molecule has 3 aromatic carbocycles. The van der Waals surface area contributed by atoms with Crippen LogP contribution in [-0.4, -0.2) is 43.0 Å². The van der Waals surface area contributed by atoms with Gasteiger partial charge in [0.2, 0.25) is 29.4 Å². The molecule has 1 saturated carbocycles. The van der Waals surface area contributed by atoms with E-state index in [1.807, 2.05) is 6.08 Å². The van der Waals surface area contributed by atoms with Gasteiger partial charge >= 0.3 is 0 Å². The number of hydrogen-bond donors (Lipinski definition) is 1. The number of rotatable bonds is 5. The van der Waals surface area contributed by atoms with Gasteiger partial charge in [0.1, 0.15) is 5.82 Å². The van der Waals surface area contributed by atoms with Gasteiger partial charge < -0.3 is 14.6 Å². The van der Waals surface area contributed by atoms with E-state index in [0.29, 0.717) is 11.3 Å². The van der Waals surface area contributed by atoms with Crippen molar-refractivity contribution < 1.29 is 38.1 Å². The summed E-state index contributed by atoms with van der Waals surface area (Å²) >= 11 is 9.48. The number of anilines is 2. The van der Waals surface area contributed by atoms with Gasteiger partial charge in [-0.15, -0.1) is 0 Å². The molecule has 242 valence electrons. The Hall–Kier alpha value is -4.22. The van der Waals surface area contributed by atoms with E-state index in [-0.39, 0.29) is 52.6 Å². The van der Waals surface area contributed by atoms with E-state index in [0.717, 1.165) is 21.0 Å². The molecule has 7 rings (SSSR count). The molecular weight excluding hydrogens is 695 g/mol. The Labute approximate surface area is 283 Å². The van der Waals surface area contributed by atoms with Gasteiger partial charge in [-0.2, -0.15) is 0 Å². The standard InChI is InChI=1S/C35H29BrClFN2O7/c1-35-23(32(43)40(34(35)45)19-8-11-25(38)24(37)14-19)15-22-20(29(35)16-12-26(46-2)30(41)27(13-16)47-3)9-10-21-28(22)33(44)39(31(21)42)18-6-4-17(36)5-7-18/h4-9,11-14,21-23,28-29,41H,10,15H2,1-3H3/t21-,22+,23-,28-,29-,35+/m0/s1. The van der Waals surface area contributed by atoms with Crippen LogP contribution in [0.15, 0.2) is 70.7 Å². The van der Waals surface area contributed by atoms with Crippen LogP contribution >= 0.6 is 27.5 Å². The maximum atomic E-state index is 14.6. The van der Waals surface area contributed by atoms with E-state index in [4.69, 9.17) is 21.1 Å². The average Bonchev–Trinajstić information content (AvgIpc) is 3.42. The SMILES string of the molecule is COc1cc([C@H]2C3=CC[C@@H]4C(=O)N(c5ccc(Br)cc5)C(=O)[C@@H]4[C@@H]3C[C@H]3C(=O)N(c4ccc(F)c(Cl)c4)C(=O)[C@@]23C)cc(OC)c1O. The Morgan fingerprint density at radius 2 is 1.53 bits per heavy atom. The number of nitrogens with zero attached hydrogens (tertiary/aromatic N) is 2. The van der Waals surface area contributed by atoms with Crippen molar-refractivity contribution >= 4 is 62.5 Å². The Bertz CT molecular complexity index is 1890. The first-order chi connectivity index (χ1) is 22.4. The van der Waals surface area contributed by atoms with E-state index in [9.17, 15) is 28.7 Å². The molecule has 4 amide bonds. The van der Waals surface area contributed by atoms with Crippen LogP contribution in [-0.2, 0) is 19.2 Å². The molecule has 1 N–H and O–H groups in total. The fourth-order valence-electron chi connectivity index (χ4n) is 8.19. The second kappa shape index (κ2) is 11.2. The van der Waals surface area contributed by atoms with Gasteiger partial charge in [-0.25, -0.2) is 9.29 Å². The molecule has 0 spiro atoms. The van der Waals surface area contributed by atoms with Gasteiger partial charge in [-0.05, 0) is 85.8 Å². The van der Waals surface area contributed by atoms with Gasteiger partial charge in [-0.3, -0.25) is 24.1 Å². The lowest BCUT2D eigenvalue weighted by Crippen LogP contribution is -2.48. The van der Waals surface area contributed by atoms with Gasteiger partial charge in [0.15, 0.2) is 11.5 Å². The molecule has 3 fully saturated rings. The normalized spacial score (nSPS) is 28.2. The maximum absolute atomic E-state index is 14.6. The highest BCUT2D eigenvalue weighted by Gasteiger charge is 2.67. The number of phenolic OH excluding ortho intramolecular Hbond substituents is 1. The first-order valence-corrected chi connectivity index (χ1v) is 16.2. The summed E-state index contributed by atoms with van der Waals surface area (Å²) in [4.78, 5) is 59.3. The zero-order valence-corrected chi connectivity index (χ0v) is 27.8. The van der Waals surface area contributed by atoms with Crippen LogP contribution in [0.2, 0.25) is 5.02 Å². The zero-order valence-electron chi connectivity index (χ0n) is 25.5. The van der Waals surface area contributed by atoms with Crippen LogP contribution in [0.25, 0.3) is 0 Å². The lowest BCUT2D eigenvalue weighted by atomic mass is 9.51. The molecule has 12 heteroatoms. The Morgan fingerprint density at radius 1 is 0.894 bits per heavy atom. The summed E-state index contributed by atoms with van der Waals surface area (Å²) in [6, 6.07) is 13.8. The predicted octanol–water partition coefficient (Wildman–Crippen LogP) is 6.40. The second-order valence-corrected chi connectivity index (χ2v) is 13.8. The molecule has 3 aromatic rings. The minimum atomic E-state index is -1.38. The number of benzene rings is 3. The summed E-state index contributed by atoms with van der Waals surface area (Å²) in [7, 11) is 2.78. The number of hydrogen-bond acceptors (Lipinski definition) is 7. The smallest absolute Gasteiger partial charge is 0.241 e. The molecule has 2 aliphatic heterocycles. The number of carbonyl (C=O) groups is 4. The molecule has 2 heterocycles. The number of halogens is 3. The van der Waals surface area contributed by atoms with E-state index in [2.05, 4.69) is 15.9 Å². The van der Waals surface area contributed by atoms with Gasteiger partial charge in [0.05, 0.1) is 53.8 Å². The third-order valence-electron chi connectivity index (χ3n) is 10.4. The number of fused-ring (bicyclic) bond motifs is 4. The number of aromatic hydroxyl groups is 1. The van der Waals surface area contributed by atoms with Crippen molar-refractivity contribution in [2.45, 2.75) is 25.7 Å². The van der Waals surface area contributed by atoms with Gasteiger partial charge in [-0.1, -0.05) is 39.2 Å². The topological polar surface area (TPSA) is 113 Å². The van der Waals surface area contributed by atoms with Crippen molar-refractivity contribution in [2.75, 3.05) is 24.0 Å². The van der Waals surface area contributed by atoms with Crippen LogP contribution in [0.3, 0.4) is 0 Å². The van der Waals surface area contributed by atoms with Crippen molar-refractivity contribution in [3.05, 3.63) is 87.1 Å². The van der Waals surface area contributed by atoms with Crippen LogP contribution in [0, 0.1) is 34.9 Å². The van der Waals surface area contributed by atoms with E-state index < -0.39 is 52.6 Å². The van der Waals surface area contributed by atoms with Crippen molar-refractivity contribution in [1.82, 2.24) is 0 Å². The zero-order chi connectivity index (χ0) is 33.5. The van der Waals surface area contributed by atoms with E-state index >= 15 is 0 Å². The number of ether oxygens (including phenoxy) is 2. The molecule has 2 saturated heterocycles. The Morgan fingerprint density at radius 3 is 2.15 bits per heavy atom. The summed E-state index contributed by atoms with van der Waals surface area (Å²) < 4.78 is 25.9. The van der Waals surface area contributed by atoms with Crippen molar-refractivity contribution in [3.63, 3.8) is 0 Å². The molecule has 0 unspecified atom stereocenters. The molecule has 4 aliphatic rings. The fourth-order valence-corrected chi connectivity index (χ4v) is 8.63. The maximum Gasteiger partial charge on any atom is 0.241 e. The summed E-state index contributed by atoms with van der Waals surface area (Å²) in [5.41, 5.74) is 0.483. The summed E-state index contributed by atoms with van der Waals surface area (Å²) in [6.45, 7) is 1.72. The first-order valence-electron chi connectivity index (χ1n) is 15.0. The summed E-state index contributed by atoms with van der Waals surface area (Å²) in [5.74, 6) is -6.10. The number of imide groups is 2. The predicted molar refractivity (Wildman–Crippen MR) is 174 cm³/mol. The highest BCUT2D eigenvalue weighted by atomic mass is 79.9. The van der Waals surface area contributed by atoms with Crippen molar-refractivity contribution in [1.29, 1.82) is 0 Å². The third kappa shape index (κ3) is 4.46. The second-order valence-electron chi connectivity index (χ2n) is 12.5. The molecule has 9 nitrogen and oxygen atoms in total. The lowest BCUT2D eigenvalue weighted by molar-refractivity contribution is -0.131. The average molecular weight is 724 g/mol. The molecule has 6 atom stereocenters. The summed E-state index contributed by atoms with van der Waals surface area (Å²) in [6.07, 6.45) is 2.32. The van der Waals surface area contributed by atoms with E-state index in [1.54, 1.807) is 43.3 Å². The number of carbonyl (C=O) groups excluding carboxylic acids is 4. The Kier molecular flexibility index (Phi) is 7.48. The first kappa shape index (κ1) is 31.4. The molecule has 0 radical (unpaired) electrons. The van der Waals surface area contributed by atoms with Crippen LogP contribution in [0.1, 0.15) is 31.2 Å². The molecule has 47 heavy (non-hydrogen) atoms. The van der Waals surface area contributed by atoms with Crippen LogP contribution in [0.4, 0.5) is 15.8 Å². The summed E-state index contributed by atoms with van der Waals surface area (Å²) in [5, 5.41) is 10.5. The minimum Gasteiger partial charge on any atom is -0.502 e. The highest BCUT2D eigenvalue weighted by Crippen LogP contribution is 2.64. The number of allylic oxidation sites excluding steroid dienone is 2. The third-order valence-corrected chi connectivity index (χ3v) is 11.2. The van der Waals surface area contributed by atoms with E-state index in [1.165, 1.54) is 31.3 Å². The van der Waals surface area contributed by atoms with Gasteiger partial charge in [0, 0.05) is 10.4 Å². The number of amides is 4. The largest absolute Gasteiger partial charge is 0.502 e. The fraction of sp³-hybridized carbons (Fsp3) is 0.314. The minimum absolute atomic E-state index is 0.100.